The van der Waals surface area contributed by atoms with Gasteiger partial charge in [0, 0.05) is 21.6 Å². The number of halogens is 1. The molecule has 0 radical (unpaired) electrons. The SMILES string of the molecule is Brc1ccc2c(c1)C(c1ccccc1-c1ccc(-c3ccc(-n4c(-c5ccccc5)nc5ccccc54)cc3)cc1)CCc1ccccc1-2. The Morgan fingerprint density at radius 3 is 1.98 bits per heavy atom. The number of hydrogen-bond acceptors (Lipinski definition) is 1. The third kappa shape index (κ3) is 5.41. The van der Waals surface area contributed by atoms with E-state index in [1.54, 1.807) is 0 Å². The molecule has 0 aliphatic heterocycles. The van der Waals surface area contributed by atoms with Crippen molar-refractivity contribution in [3.05, 3.63) is 191 Å². The first-order valence-corrected chi connectivity index (χ1v) is 17.7. The van der Waals surface area contributed by atoms with Crippen LogP contribution in [-0.4, -0.2) is 9.55 Å². The number of para-hydroxylation sites is 2. The maximum absolute atomic E-state index is 5.01. The van der Waals surface area contributed by atoms with Gasteiger partial charge in [-0.15, -0.1) is 0 Å². The molecule has 9 rings (SSSR count). The Morgan fingerprint density at radius 2 is 1.16 bits per heavy atom. The molecule has 1 aliphatic rings. The fourth-order valence-corrected chi connectivity index (χ4v) is 8.00. The first-order valence-electron chi connectivity index (χ1n) is 16.9. The molecule has 0 bridgehead atoms. The van der Waals surface area contributed by atoms with E-state index in [0.29, 0.717) is 5.92 Å². The van der Waals surface area contributed by atoms with Crippen molar-refractivity contribution in [1.82, 2.24) is 9.55 Å². The molecule has 0 saturated heterocycles. The molecule has 1 aromatic heterocycles. The summed E-state index contributed by atoms with van der Waals surface area (Å²) >= 11 is 3.79. The highest BCUT2D eigenvalue weighted by atomic mass is 79.9. The smallest absolute Gasteiger partial charge is 0.145 e. The van der Waals surface area contributed by atoms with Gasteiger partial charge in [0.1, 0.15) is 5.82 Å². The average Bonchev–Trinajstić information content (AvgIpc) is 3.48. The van der Waals surface area contributed by atoms with E-state index < -0.39 is 0 Å². The van der Waals surface area contributed by atoms with Crippen molar-refractivity contribution in [2.45, 2.75) is 18.8 Å². The number of imidazole rings is 1. The van der Waals surface area contributed by atoms with Crippen LogP contribution in [0.25, 0.3) is 61.5 Å². The fraction of sp³-hybridized carbons (Fsp3) is 0.0652. The van der Waals surface area contributed by atoms with Crippen molar-refractivity contribution in [2.75, 3.05) is 0 Å². The van der Waals surface area contributed by atoms with Gasteiger partial charge in [-0.05, 0) is 99.3 Å². The van der Waals surface area contributed by atoms with Crippen LogP contribution in [0.1, 0.15) is 29.0 Å². The standard InChI is InChI=1S/C46H33BrN2/c47-36-25-29-41-38-13-5-4-10-33(38)24-28-42(43(41)30-36)40-15-7-6-14-39(40)34-20-18-31(19-21-34)32-22-26-37(27-23-32)49-45-17-9-8-16-44(45)48-46(49)35-11-2-1-3-12-35/h1-23,25-27,29-30,42H,24,28H2. The van der Waals surface area contributed by atoms with Crippen molar-refractivity contribution in [2.24, 2.45) is 0 Å². The lowest BCUT2D eigenvalue weighted by Gasteiger charge is -2.22. The summed E-state index contributed by atoms with van der Waals surface area (Å²) in [4.78, 5) is 5.01. The van der Waals surface area contributed by atoms with Gasteiger partial charge < -0.3 is 0 Å². The summed E-state index contributed by atoms with van der Waals surface area (Å²) in [5, 5.41) is 0. The molecular formula is C46H33BrN2. The predicted octanol–water partition coefficient (Wildman–Crippen LogP) is 12.5. The summed E-state index contributed by atoms with van der Waals surface area (Å²) in [6.07, 6.45) is 2.12. The zero-order valence-corrected chi connectivity index (χ0v) is 28.5. The third-order valence-electron chi connectivity index (χ3n) is 9.98. The minimum atomic E-state index is 0.295. The molecule has 1 aliphatic carbocycles. The zero-order chi connectivity index (χ0) is 32.7. The lowest BCUT2D eigenvalue weighted by atomic mass is 9.82. The summed E-state index contributed by atoms with van der Waals surface area (Å²) in [6.45, 7) is 0. The van der Waals surface area contributed by atoms with E-state index in [4.69, 9.17) is 4.98 Å². The molecule has 1 atom stereocenters. The Hall–Kier alpha value is -5.51. The molecule has 2 nitrogen and oxygen atoms in total. The van der Waals surface area contributed by atoms with Crippen molar-refractivity contribution < 1.29 is 0 Å². The molecule has 0 fully saturated rings. The van der Waals surface area contributed by atoms with Crippen LogP contribution in [-0.2, 0) is 6.42 Å². The Kier molecular flexibility index (Phi) is 7.56. The van der Waals surface area contributed by atoms with E-state index in [0.717, 1.165) is 45.4 Å². The molecule has 7 aromatic carbocycles. The quantitative estimate of drug-likeness (QED) is 0.175. The van der Waals surface area contributed by atoms with Crippen molar-refractivity contribution in [3.8, 4) is 50.5 Å². The maximum Gasteiger partial charge on any atom is 0.145 e. The van der Waals surface area contributed by atoms with Gasteiger partial charge in [-0.3, -0.25) is 4.57 Å². The third-order valence-corrected chi connectivity index (χ3v) is 10.5. The molecule has 8 aromatic rings. The molecular weight excluding hydrogens is 660 g/mol. The van der Waals surface area contributed by atoms with Gasteiger partial charge in [0.05, 0.1) is 11.0 Å². The van der Waals surface area contributed by atoms with Gasteiger partial charge in [-0.1, -0.05) is 149 Å². The van der Waals surface area contributed by atoms with Crippen LogP contribution in [0.15, 0.2) is 174 Å². The molecule has 0 spiro atoms. The van der Waals surface area contributed by atoms with Gasteiger partial charge in [0.25, 0.3) is 0 Å². The van der Waals surface area contributed by atoms with E-state index in [-0.39, 0.29) is 0 Å². The lowest BCUT2D eigenvalue weighted by Crippen LogP contribution is -2.04. The Morgan fingerprint density at radius 1 is 0.510 bits per heavy atom. The van der Waals surface area contributed by atoms with E-state index >= 15 is 0 Å². The van der Waals surface area contributed by atoms with Crippen LogP contribution in [0.2, 0.25) is 0 Å². The van der Waals surface area contributed by atoms with Gasteiger partial charge >= 0.3 is 0 Å². The highest BCUT2D eigenvalue weighted by Crippen LogP contribution is 2.45. The molecule has 3 heteroatoms. The van der Waals surface area contributed by atoms with Crippen molar-refractivity contribution >= 4 is 27.0 Å². The van der Waals surface area contributed by atoms with Crippen LogP contribution in [0.5, 0.6) is 0 Å². The molecule has 0 saturated carbocycles. The minimum absolute atomic E-state index is 0.295. The van der Waals surface area contributed by atoms with Gasteiger partial charge in [-0.2, -0.15) is 0 Å². The van der Waals surface area contributed by atoms with E-state index in [1.165, 1.54) is 50.1 Å². The average molecular weight is 694 g/mol. The number of aromatic nitrogens is 2. The maximum atomic E-state index is 5.01. The van der Waals surface area contributed by atoms with Crippen LogP contribution in [0.4, 0.5) is 0 Å². The van der Waals surface area contributed by atoms with Gasteiger partial charge in [0.2, 0.25) is 0 Å². The number of nitrogens with zero attached hydrogens (tertiary/aromatic N) is 2. The number of rotatable bonds is 5. The lowest BCUT2D eigenvalue weighted by molar-refractivity contribution is 0.727. The summed E-state index contributed by atoms with van der Waals surface area (Å²) < 4.78 is 3.39. The minimum Gasteiger partial charge on any atom is -0.292 e. The summed E-state index contributed by atoms with van der Waals surface area (Å²) in [5.74, 6) is 1.24. The molecule has 234 valence electrons. The Labute approximate surface area is 295 Å². The highest BCUT2D eigenvalue weighted by molar-refractivity contribution is 9.10. The van der Waals surface area contributed by atoms with Gasteiger partial charge in [0.15, 0.2) is 0 Å². The molecule has 0 N–H and O–H groups in total. The number of benzene rings is 7. The van der Waals surface area contributed by atoms with E-state index in [1.807, 2.05) is 12.1 Å². The molecule has 1 heterocycles. The number of fused-ring (bicyclic) bond motifs is 4. The summed E-state index contributed by atoms with van der Waals surface area (Å²) in [6, 6.07) is 61.4. The summed E-state index contributed by atoms with van der Waals surface area (Å²) in [5.41, 5.74) is 16.1. The van der Waals surface area contributed by atoms with Crippen LogP contribution >= 0.6 is 15.9 Å². The first kappa shape index (κ1) is 29.6. The predicted molar refractivity (Wildman–Crippen MR) is 207 cm³/mol. The second kappa shape index (κ2) is 12.5. The second-order valence-electron chi connectivity index (χ2n) is 12.8. The fourth-order valence-electron chi connectivity index (χ4n) is 7.62. The zero-order valence-electron chi connectivity index (χ0n) is 26.9. The Balaban J connectivity index is 1.05. The molecule has 1 unspecified atom stereocenters. The van der Waals surface area contributed by atoms with E-state index in [9.17, 15) is 0 Å². The topological polar surface area (TPSA) is 17.8 Å². The molecule has 0 amide bonds. The van der Waals surface area contributed by atoms with Crippen LogP contribution in [0, 0.1) is 0 Å². The molecule has 49 heavy (non-hydrogen) atoms. The van der Waals surface area contributed by atoms with Crippen molar-refractivity contribution in [1.29, 1.82) is 0 Å². The monoisotopic (exact) mass is 692 g/mol. The van der Waals surface area contributed by atoms with Crippen molar-refractivity contribution in [3.63, 3.8) is 0 Å². The summed E-state index contributed by atoms with van der Waals surface area (Å²) in [7, 11) is 0. The first-order chi connectivity index (χ1) is 24.2. The van der Waals surface area contributed by atoms with E-state index in [2.05, 4.69) is 178 Å². The number of hydrogen-bond donors (Lipinski definition) is 0. The second-order valence-corrected chi connectivity index (χ2v) is 13.7. The number of aryl methyl sites for hydroxylation is 1. The largest absolute Gasteiger partial charge is 0.292 e. The highest BCUT2D eigenvalue weighted by Gasteiger charge is 2.26. The normalized spacial score (nSPS) is 13.9. The van der Waals surface area contributed by atoms with Crippen LogP contribution in [0.3, 0.4) is 0 Å². The van der Waals surface area contributed by atoms with Crippen LogP contribution < -0.4 is 0 Å². The van der Waals surface area contributed by atoms with Gasteiger partial charge in [-0.25, -0.2) is 4.98 Å². The Bertz CT molecular complexity index is 2440.